The summed E-state index contributed by atoms with van der Waals surface area (Å²) in [5.74, 6) is 1.59. The van der Waals surface area contributed by atoms with Crippen molar-refractivity contribution >= 4 is 0 Å². The van der Waals surface area contributed by atoms with Crippen molar-refractivity contribution in [2.75, 3.05) is 20.8 Å². The lowest BCUT2D eigenvalue weighted by Gasteiger charge is -2.36. The van der Waals surface area contributed by atoms with Crippen LogP contribution in [0.4, 0.5) is 0 Å². The lowest BCUT2D eigenvalue weighted by Crippen LogP contribution is -2.34. The maximum atomic E-state index is 10.9. The van der Waals surface area contributed by atoms with Crippen LogP contribution < -0.4 is 9.47 Å². The van der Waals surface area contributed by atoms with Crippen LogP contribution in [0.3, 0.4) is 0 Å². The molecule has 0 heterocycles. The quantitative estimate of drug-likeness (QED) is 0.0619. The van der Waals surface area contributed by atoms with Gasteiger partial charge in [-0.3, -0.25) is 0 Å². The van der Waals surface area contributed by atoms with Crippen molar-refractivity contribution in [1.82, 2.24) is 0 Å². The van der Waals surface area contributed by atoms with Gasteiger partial charge in [0.05, 0.1) is 26.9 Å². The van der Waals surface area contributed by atoms with Crippen molar-refractivity contribution in [2.24, 2.45) is 0 Å². The highest BCUT2D eigenvalue weighted by molar-refractivity contribution is 5.49. The highest BCUT2D eigenvalue weighted by atomic mass is 16.5. The summed E-state index contributed by atoms with van der Waals surface area (Å²) < 4.78 is 17.8. The molecular formula is C41H58O4. The van der Waals surface area contributed by atoms with Gasteiger partial charge in [-0.1, -0.05) is 131 Å². The van der Waals surface area contributed by atoms with Gasteiger partial charge in [-0.05, 0) is 79.5 Å². The third-order valence-electron chi connectivity index (χ3n) is 8.74. The topological polar surface area (TPSA) is 47.9 Å². The lowest BCUT2D eigenvalue weighted by molar-refractivity contribution is -0.00664. The number of aliphatic hydroxyl groups excluding tert-OH is 1. The molecule has 1 unspecified atom stereocenters. The Morgan fingerprint density at radius 1 is 0.578 bits per heavy atom. The number of hydrogen-bond donors (Lipinski definition) is 1. The molecule has 4 heteroatoms. The van der Waals surface area contributed by atoms with Crippen LogP contribution >= 0.6 is 0 Å². The number of ether oxygens (including phenoxy) is 3. The molecule has 0 saturated carbocycles. The zero-order chi connectivity index (χ0) is 32.0. The van der Waals surface area contributed by atoms with E-state index >= 15 is 0 Å². The third-order valence-corrected chi connectivity index (χ3v) is 8.74. The SMILES string of the molecule is CCCCCCCC/C=C\CCCCCCCC(O)CCOC(c1ccccc1)(c1ccc(OC)cc1)c1ccc(OC)cc1. The van der Waals surface area contributed by atoms with Crippen molar-refractivity contribution in [2.45, 2.75) is 115 Å². The van der Waals surface area contributed by atoms with Crippen molar-refractivity contribution in [3.63, 3.8) is 0 Å². The fraction of sp³-hybridized carbons (Fsp3) is 0.512. The Labute approximate surface area is 273 Å². The van der Waals surface area contributed by atoms with Crippen LogP contribution in [0.15, 0.2) is 91.0 Å². The molecule has 1 N–H and O–H groups in total. The molecule has 0 radical (unpaired) electrons. The van der Waals surface area contributed by atoms with Gasteiger partial charge in [0.2, 0.25) is 0 Å². The molecule has 0 bridgehead atoms. The van der Waals surface area contributed by atoms with E-state index in [1.165, 1.54) is 77.0 Å². The fourth-order valence-corrected chi connectivity index (χ4v) is 6.02. The molecule has 0 spiro atoms. The second-order valence-electron chi connectivity index (χ2n) is 12.2. The Bertz CT molecular complexity index is 1120. The average molecular weight is 615 g/mol. The Kier molecular flexibility index (Phi) is 17.5. The van der Waals surface area contributed by atoms with Crippen LogP contribution in [0.1, 0.15) is 120 Å². The van der Waals surface area contributed by atoms with Gasteiger partial charge in [0, 0.05) is 0 Å². The average Bonchev–Trinajstić information content (AvgIpc) is 3.09. The molecule has 0 aliphatic rings. The highest BCUT2D eigenvalue weighted by Gasteiger charge is 2.37. The number of methoxy groups -OCH3 is 2. The van der Waals surface area contributed by atoms with Gasteiger partial charge in [0.25, 0.3) is 0 Å². The Morgan fingerprint density at radius 2 is 1.04 bits per heavy atom. The summed E-state index contributed by atoms with van der Waals surface area (Å²) in [4.78, 5) is 0. The summed E-state index contributed by atoms with van der Waals surface area (Å²) in [6.45, 7) is 2.70. The smallest absolute Gasteiger partial charge is 0.143 e. The van der Waals surface area contributed by atoms with Gasteiger partial charge in [0.15, 0.2) is 0 Å². The van der Waals surface area contributed by atoms with E-state index in [4.69, 9.17) is 14.2 Å². The molecule has 0 aliphatic carbocycles. The van der Waals surface area contributed by atoms with E-state index in [2.05, 4.69) is 55.5 Å². The minimum Gasteiger partial charge on any atom is -0.497 e. The van der Waals surface area contributed by atoms with E-state index in [-0.39, 0.29) is 6.10 Å². The minimum absolute atomic E-state index is 0.380. The maximum Gasteiger partial charge on any atom is 0.143 e. The van der Waals surface area contributed by atoms with E-state index in [0.717, 1.165) is 41.0 Å². The number of allylic oxidation sites excluding steroid dienone is 2. The third kappa shape index (κ3) is 12.3. The van der Waals surface area contributed by atoms with Crippen molar-refractivity contribution in [1.29, 1.82) is 0 Å². The van der Waals surface area contributed by atoms with E-state index in [1.54, 1.807) is 14.2 Å². The van der Waals surface area contributed by atoms with Gasteiger partial charge in [-0.2, -0.15) is 0 Å². The molecule has 0 amide bonds. The molecule has 1 atom stereocenters. The van der Waals surface area contributed by atoms with Crippen LogP contribution in [0.2, 0.25) is 0 Å². The number of rotatable bonds is 24. The normalized spacial score (nSPS) is 12.4. The van der Waals surface area contributed by atoms with Gasteiger partial charge in [0.1, 0.15) is 17.1 Å². The standard InChI is InChI=1S/C41H58O4/c1-4-5-6-7-8-9-10-11-12-13-14-15-16-17-21-24-38(42)33-34-45-41(35-22-19-18-20-23-35,36-25-29-39(43-2)30-26-36)37-27-31-40(44-3)32-28-37/h11-12,18-20,22-23,25-32,38,42H,4-10,13-17,21,24,33-34H2,1-3H3/b12-11-. The molecule has 0 aliphatic heterocycles. The monoisotopic (exact) mass is 614 g/mol. The van der Waals surface area contributed by atoms with Gasteiger partial charge in [-0.25, -0.2) is 0 Å². The van der Waals surface area contributed by atoms with Crippen LogP contribution in [-0.4, -0.2) is 32.0 Å². The van der Waals surface area contributed by atoms with Crippen molar-refractivity contribution < 1.29 is 19.3 Å². The van der Waals surface area contributed by atoms with E-state index in [1.807, 2.05) is 42.5 Å². The Morgan fingerprint density at radius 3 is 1.56 bits per heavy atom. The first-order valence-corrected chi connectivity index (χ1v) is 17.5. The molecule has 0 fully saturated rings. The zero-order valence-corrected chi connectivity index (χ0v) is 28.2. The minimum atomic E-state index is -0.845. The number of benzene rings is 3. The largest absolute Gasteiger partial charge is 0.497 e. The first-order valence-electron chi connectivity index (χ1n) is 17.5. The van der Waals surface area contributed by atoms with Crippen molar-refractivity contribution in [3.05, 3.63) is 108 Å². The molecule has 246 valence electrons. The second-order valence-corrected chi connectivity index (χ2v) is 12.2. The van der Waals surface area contributed by atoms with Gasteiger partial charge >= 0.3 is 0 Å². The zero-order valence-electron chi connectivity index (χ0n) is 28.2. The predicted molar refractivity (Wildman–Crippen MR) is 188 cm³/mol. The van der Waals surface area contributed by atoms with Crippen LogP contribution in [0, 0.1) is 0 Å². The second kappa shape index (κ2) is 21.6. The van der Waals surface area contributed by atoms with E-state index in [9.17, 15) is 5.11 Å². The Balaban J connectivity index is 1.48. The van der Waals surface area contributed by atoms with E-state index < -0.39 is 5.60 Å². The summed E-state index contributed by atoms with van der Waals surface area (Å²) in [6.07, 6.45) is 22.4. The molecule has 45 heavy (non-hydrogen) atoms. The summed E-state index contributed by atoms with van der Waals surface area (Å²) in [6, 6.07) is 26.5. The first kappa shape index (κ1) is 36.4. The predicted octanol–water partition coefficient (Wildman–Crippen LogP) is 10.8. The van der Waals surface area contributed by atoms with E-state index in [0.29, 0.717) is 13.0 Å². The molecule has 3 rings (SSSR count). The van der Waals surface area contributed by atoms with Gasteiger partial charge < -0.3 is 19.3 Å². The summed E-state index contributed by atoms with van der Waals surface area (Å²) >= 11 is 0. The molecule has 3 aromatic rings. The van der Waals surface area contributed by atoms with Crippen molar-refractivity contribution in [3.8, 4) is 11.5 Å². The van der Waals surface area contributed by atoms with Crippen LogP contribution in [0.25, 0.3) is 0 Å². The molecule has 4 nitrogen and oxygen atoms in total. The highest BCUT2D eigenvalue weighted by Crippen LogP contribution is 2.41. The number of aliphatic hydroxyl groups is 1. The summed E-state index contributed by atoms with van der Waals surface area (Å²) in [5.41, 5.74) is 2.20. The number of unbranched alkanes of at least 4 members (excludes halogenated alkanes) is 11. The summed E-state index contributed by atoms with van der Waals surface area (Å²) in [7, 11) is 3.35. The summed E-state index contributed by atoms with van der Waals surface area (Å²) in [5, 5.41) is 10.9. The first-order chi connectivity index (χ1) is 22.1. The maximum absolute atomic E-state index is 10.9. The lowest BCUT2D eigenvalue weighted by atomic mass is 9.80. The van der Waals surface area contributed by atoms with Crippen LogP contribution in [0.5, 0.6) is 11.5 Å². The fourth-order valence-electron chi connectivity index (χ4n) is 6.02. The van der Waals surface area contributed by atoms with Crippen LogP contribution in [-0.2, 0) is 10.3 Å². The number of hydrogen-bond acceptors (Lipinski definition) is 4. The molecule has 0 aromatic heterocycles. The molecule has 3 aromatic carbocycles. The molecular weight excluding hydrogens is 556 g/mol. The van der Waals surface area contributed by atoms with Gasteiger partial charge in [-0.15, -0.1) is 0 Å². The molecule has 0 saturated heterocycles. The Hall–Kier alpha value is -3.08.